The molecule has 2 saturated heterocycles. The summed E-state index contributed by atoms with van der Waals surface area (Å²) in [4.78, 5) is 60.4. The van der Waals surface area contributed by atoms with Crippen molar-refractivity contribution in [3.05, 3.63) is 35.6 Å². The molecule has 4 rings (SSSR count). The molecule has 1 saturated carbocycles. The van der Waals surface area contributed by atoms with Crippen molar-refractivity contribution in [3.8, 4) is 0 Å². The van der Waals surface area contributed by atoms with Gasteiger partial charge in [0, 0.05) is 44.7 Å². The van der Waals surface area contributed by atoms with E-state index >= 15 is 0 Å². The fourth-order valence-electron chi connectivity index (χ4n) is 7.29. The normalized spacial score (nSPS) is 21.9. The van der Waals surface area contributed by atoms with E-state index in [1.165, 1.54) is 23.5 Å². The molecule has 0 aromatic heterocycles. The number of halogens is 1. The summed E-state index contributed by atoms with van der Waals surface area (Å²) < 4.78 is 19.4. The SMILES string of the molecule is CN1CCN(C(=O)OC(C)(C)C)[C@H](C(=O)N[C@H](Cc2ccc(F)cc2)C(=O)N2CCC(C(=O)NC(C)(C)C)(C3CCCCC3)CC2)C1. The summed E-state index contributed by atoms with van der Waals surface area (Å²) in [5, 5.41) is 6.22. The number of nitrogens with one attached hydrogen (secondary N) is 2. The Morgan fingerprint density at radius 3 is 2.13 bits per heavy atom. The number of amides is 4. The van der Waals surface area contributed by atoms with Crippen molar-refractivity contribution in [2.75, 3.05) is 39.8 Å². The van der Waals surface area contributed by atoms with Gasteiger partial charge in [-0.1, -0.05) is 31.4 Å². The molecule has 10 nitrogen and oxygen atoms in total. The third-order valence-corrected chi connectivity index (χ3v) is 9.78. The Kier molecular flexibility index (Phi) is 11.6. The topological polar surface area (TPSA) is 111 Å². The molecule has 47 heavy (non-hydrogen) atoms. The van der Waals surface area contributed by atoms with E-state index < -0.39 is 35.1 Å². The molecule has 4 amide bonds. The van der Waals surface area contributed by atoms with Crippen LogP contribution in [0.15, 0.2) is 24.3 Å². The minimum absolute atomic E-state index is 0.0730. The summed E-state index contributed by atoms with van der Waals surface area (Å²) in [6.45, 7) is 13.3. The number of likely N-dealkylation sites (tertiary alicyclic amines) is 1. The number of likely N-dealkylation sites (N-methyl/N-ethyl adjacent to an activating group) is 1. The summed E-state index contributed by atoms with van der Waals surface area (Å²) in [5.74, 6) is -0.732. The van der Waals surface area contributed by atoms with Gasteiger partial charge < -0.3 is 25.2 Å². The third kappa shape index (κ3) is 9.67. The highest BCUT2D eigenvalue weighted by Gasteiger charge is 2.49. The van der Waals surface area contributed by atoms with E-state index in [1.54, 1.807) is 37.8 Å². The van der Waals surface area contributed by atoms with Gasteiger partial charge in [-0.2, -0.15) is 0 Å². The number of piperazine rings is 1. The van der Waals surface area contributed by atoms with Gasteiger partial charge in [0.25, 0.3) is 0 Å². The van der Waals surface area contributed by atoms with Gasteiger partial charge in [-0.05, 0) is 97.9 Å². The Bertz CT molecular complexity index is 1260. The van der Waals surface area contributed by atoms with E-state index in [2.05, 4.69) is 10.6 Å². The van der Waals surface area contributed by atoms with E-state index in [0.29, 0.717) is 51.1 Å². The van der Waals surface area contributed by atoms with Crippen molar-refractivity contribution in [3.63, 3.8) is 0 Å². The summed E-state index contributed by atoms with van der Waals surface area (Å²) in [6, 6.07) is 4.12. The second-order valence-electron chi connectivity index (χ2n) is 15.9. The Morgan fingerprint density at radius 1 is 0.936 bits per heavy atom. The van der Waals surface area contributed by atoms with Crippen molar-refractivity contribution in [2.24, 2.45) is 11.3 Å². The Hall–Kier alpha value is -3.21. The van der Waals surface area contributed by atoms with E-state index in [1.807, 2.05) is 32.7 Å². The second-order valence-corrected chi connectivity index (χ2v) is 15.9. The van der Waals surface area contributed by atoms with E-state index in [0.717, 1.165) is 25.7 Å². The molecule has 2 atom stereocenters. The highest BCUT2D eigenvalue weighted by Crippen LogP contribution is 2.46. The lowest BCUT2D eigenvalue weighted by Gasteiger charge is -2.48. The van der Waals surface area contributed by atoms with Crippen molar-refractivity contribution in [1.82, 2.24) is 25.3 Å². The van der Waals surface area contributed by atoms with Gasteiger partial charge in [-0.3, -0.25) is 19.3 Å². The lowest BCUT2D eigenvalue weighted by Crippen LogP contribution is -2.63. The van der Waals surface area contributed by atoms with Gasteiger partial charge in [0.05, 0.1) is 5.41 Å². The van der Waals surface area contributed by atoms with E-state index in [9.17, 15) is 23.6 Å². The predicted molar refractivity (Wildman–Crippen MR) is 179 cm³/mol. The predicted octanol–water partition coefficient (Wildman–Crippen LogP) is 4.51. The zero-order chi connectivity index (χ0) is 34.6. The van der Waals surface area contributed by atoms with Gasteiger partial charge in [0.1, 0.15) is 23.5 Å². The van der Waals surface area contributed by atoms with Crippen LogP contribution < -0.4 is 10.6 Å². The van der Waals surface area contributed by atoms with Gasteiger partial charge in [-0.15, -0.1) is 0 Å². The van der Waals surface area contributed by atoms with Crippen LogP contribution in [0.2, 0.25) is 0 Å². The molecule has 2 aliphatic heterocycles. The van der Waals surface area contributed by atoms with Crippen LogP contribution in [0.25, 0.3) is 0 Å². The van der Waals surface area contributed by atoms with Gasteiger partial charge in [0.2, 0.25) is 17.7 Å². The Labute approximate surface area is 280 Å². The van der Waals surface area contributed by atoms with Crippen LogP contribution >= 0.6 is 0 Å². The number of nitrogens with zero attached hydrogens (tertiary/aromatic N) is 3. The first-order valence-corrected chi connectivity index (χ1v) is 17.3. The average molecular weight is 658 g/mol. The summed E-state index contributed by atoms with van der Waals surface area (Å²) >= 11 is 0. The largest absolute Gasteiger partial charge is 0.444 e. The highest BCUT2D eigenvalue weighted by molar-refractivity contribution is 5.92. The molecule has 0 unspecified atom stereocenters. The van der Waals surface area contributed by atoms with Crippen LogP contribution in [0.4, 0.5) is 9.18 Å². The summed E-state index contributed by atoms with van der Waals surface area (Å²) in [7, 11) is 1.88. The maximum Gasteiger partial charge on any atom is 0.411 e. The number of hydrogen-bond donors (Lipinski definition) is 2. The van der Waals surface area contributed by atoms with Crippen LogP contribution in [0.3, 0.4) is 0 Å². The molecular formula is C36H56FN5O5. The number of ether oxygens (including phenoxy) is 1. The van der Waals surface area contributed by atoms with E-state index in [4.69, 9.17) is 4.74 Å². The van der Waals surface area contributed by atoms with Gasteiger partial charge >= 0.3 is 6.09 Å². The standard InChI is InChI=1S/C36H56FN5O5/c1-34(2,3)39-32(45)36(26-11-9-8-10-12-26)17-19-41(20-18-36)31(44)28(23-25-13-15-27(37)16-14-25)38-30(43)29-24-40(7)21-22-42(29)33(46)47-35(4,5)6/h13-16,26,28-29H,8-12,17-24H2,1-7H3,(H,38,43)(H,39,45)/t28-,29+/m1/s1. The number of hydrogen-bond acceptors (Lipinski definition) is 6. The first-order chi connectivity index (χ1) is 22.0. The monoisotopic (exact) mass is 657 g/mol. The maximum atomic E-state index is 14.3. The fourth-order valence-corrected chi connectivity index (χ4v) is 7.29. The van der Waals surface area contributed by atoms with Crippen molar-refractivity contribution >= 4 is 23.8 Å². The molecule has 11 heteroatoms. The van der Waals surface area contributed by atoms with Crippen molar-refractivity contribution in [1.29, 1.82) is 0 Å². The van der Waals surface area contributed by atoms with Gasteiger partial charge in [0.15, 0.2) is 0 Å². The number of carbonyl (C=O) groups is 4. The zero-order valence-corrected chi connectivity index (χ0v) is 29.5. The first kappa shape index (κ1) is 36.6. The minimum atomic E-state index is -0.939. The number of benzene rings is 1. The van der Waals surface area contributed by atoms with Crippen LogP contribution in [-0.2, 0) is 25.5 Å². The maximum absolute atomic E-state index is 14.3. The highest BCUT2D eigenvalue weighted by atomic mass is 19.1. The van der Waals surface area contributed by atoms with Crippen LogP contribution in [0.5, 0.6) is 0 Å². The fraction of sp³-hybridized carbons (Fsp3) is 0.722. The Balaban J connectivity index is 1.55. The summed E-state index contributed by atoms with van der Waals surface area (Å²) in [5.41, 5.74) is -0.932. The molecular weight excluding hydrogens is 601 g/mol. The Morgan fingerprint density at radius 2 is 1.55 bits per heavy atom. The lowest BCUT2D eigenvalue weighted by atomic mass is 9.63. The van der Waals surface area contributed by atoms with Crippen LogP contribution in [0.1, 0.15) is 92.1 Å². The molecule has 1 aliphatic carbocycles. The van der Waals surface area contributed by atoms with Crippen LogP contribution in [-0.4, -0.2) is 102 Å². The average Bonchev–Trinajstić information content (AvgIpc) is 3.00. The molecule has 262 valence electrons. The summed E-state index contributed by atoms with van der Waals surface area (Å²) in [6.07, 6.45) is 6.14. The van der Waals surface area contributed by atoms with Crippen molar-refractivity contribution < 1.29 is 28.3 Å². The molecule has 0 bridgehead atoms. The molecule has 0 spiro atoms. The smallest absolute Gasteiger partial charge is 0.411 e. The molecule has 1 aromatic carbocycles. The van der Waals surface area contributed by atoms with Crippen molar-refractivity contribution in [2.45, 2.75) is 116 Å². The molecule has 3 fully saturated rings. The quantitative estimate of drug-likeness (QED) is 0.447. The first-order valence-electron chi connectivity index (χ1n) is 17.3. The molecule has 3 aliphatic rings. The zero-order valence-electron chi connectivity index (χ0n) is 29.5. The number of rotatable bonds is 7. The third-order valence-electron chi connectivity index (χ3n) is 9.78. The lowest BCUT2D eigenvalue weighted by molar-refractivity contribution is -0.147. The molecule has 2 heterocycles. The molecule has 1 aromatic rings. The number of piperidine rings is 1. The van der Waals surface area contributed by atoms with E-state index in [-0.39, 0.29) is 35.5 Å². The molecule has 0 radical (unpaired) electrons. The van der Waals surface area contributed by atoms with Gasteiger partial charge in [-0.25, -0.2) is 9.18 Å². The second kappa shape index (κ2) is 14.9. The minimum Gasteiger partial charge on any atom is -0.444 e. The number of carbonyl (C=O) groups excluding carboxylic acids is 4. The van der Waals surface area contributed by atoms with Crippen LogP contribution in [0, 0.1) is 17.2 Å². The molecule has 2 N–H and O–H groups in total.